The zero-order chi connectivity index (χ0) is 13.4. The second kappa shape index (κ2) is 4.44. The Bertz CT molecular complexity index is 787. The summed E-state index contributed by atoms with van der Waals surface area (Å²) >= 11 is 1.50. The van der Waals surface area contributed by atoms with E-state index in [1.807, 2.05) is 5.38 Å². The van der Waals surface area contributed by atoms with Gasteiger partial charge in [0.25, 0.3) is 5.56 Å². The minimum atomic E-state index is -0.348. The molecule has 3 aromatic rings. The van der Waals surface area contributed by atoms with Gasteiger partial charge in [-0.3, -0.25) is 9.78 Å². The lowest BCUT2D eigenvalue weighted by molar-refractivity contribution is 0.953. The van der Waals surface area contributed by atoms with Crippen LogP contribution < -0.4 is 17.0 Å². The highest BCUT2D eigenvalue weighted by Gasteiger charge is 2.12. The summed E-state index contributed by atoms with van der Waals surface area (Å²) in [4.78, 5) is 29.6. The van der Waals surface area contributed by atoms with E-state index in [1.165, 1.54) is 11.3 Å². The van der Waals surface area contributed by atoms with E-state index in [0.717, 1.165) is 11.4 Å². The molecule has 0 saturated carbocycles. The van der Waals surface area contributed by atoms with Gasteiger partial charge in [-0.15, -0.1) is 11.3 Å². The molecule has 0 aliphatic rings. The summed E-state index contributed by atoms with van der Waals surface area (Å²) in [6, 6.07) is 0. The first-order valence-electron chi connectivity index (χ1n) is 5.57. The van der Waals surface area contributed by atoms with Gasteiger partial charge >= 0.3 is 0 Å². The Morgan fingerprint density at radius 2 is 2.11 bits per heavy atom. The lowest BCUT2D eigenvalue weighted by atomic mass is 10.4. The van der Waals surface area contributed by atoms with Gasteiger partial charge in [-0.1, -0.05) is 0 Å². The van der Waals surface area contributed by atoms with Crippen molar-refractivity contribution in [1.29, 1.82) is 0 Å². The molecule has 8 nitrogen and oxygen atoms in total. The van der Waals surface area contributed by atoms with Gasteiger partial charge in [-0.2, -0.15) is 4.98 Å². The van der Waals surface area contributed by atoms with Crippen LogP contribution in [0.15, 0.2) is 10.2 Å². The van der Waals surface area contributed by atoms with Gasteiger partial charge in [-0.25, -0.2) is 9.97 Å². The molecule has 0 atom stereocenters. The molecule has 98 valence electrons. The monoisotopic (exact) mass is 277 g/mol. The van der Waals surface area contributed by atoms with Crippen molar-refractivity contribution in [3.63, 3.8) is 0 Å². The first-order valence-corrected chi connectivity index (χ1v) is 6.45. The van der Waals surface area contributed by atoms with Crippen LogP contribution in [0.4, 0.5) is 5.95 Å². The van der Waals surface area contributed by atoms with E-state index >= 15 is 0 Å². The van der Waals surface area contributed by atoms with Crippen LogP contribution >= 0.6 is 11.3 Å². The van der Waals surface area contributed by atoms with E-state index in [0.29, 0.717) is 18.1 Å². The summed E-state index contributed by atoms with van der Waals surface area (Å²) in [7, 11) is 0. The van der Waals surface area contributed by atoms with Gasteiger partial charge in [0.2, 0.25) is 5.95 Å². The predicted octanol–water partition coefficient (Wildman–Crippen LogP) is -0.147. The molecule has 6 N–H and O–H groups in total. The molecular formula is C10H11N7OS. The lowest BCUT2D eigenvalue weighted by Gasteiger charge is -1.89. The van der Waals surface area contributed by atoms with E-state index in [1.54, 1.807) is 0 Å². The average molecular weight is 277 g/mol. The first kappa shape index (κ1) is 11.8. The molecule has 0 fully saturated rings. The van der Waals surface area contributed by atoms with Crippen molar-refractivity contribution in [2.24, 2.45) is 5.73 Å². The molecule has 0 aliphatic heterocycles. The van der Waals surface area contributed by atoms with E-state index < -0.39 is 0 Å². The van der Waals surface area contributed by atoms with Gasteiger partial charge in [0, 0.05) is 11.8 Å². The lowest BCUT2D eigenvalue weighted by Crippen LogP contribution is -2.10. The number of H-pyrrole nitrogens is 2. The topological polar surface area (TPSA) is 139 Å². The Labute approximate surface area is 110 Å². The third-order valence-electron chi connectivity index (χ3n) is 2.53. The van der Waals surface area contributed by atoms with E-state index in [-0.39, 0.29) is 22.7 Å². The Balaban J connectivity index is 2.09. The number of aromatic nitrogens is 5. The maximum Gasteiger partial charge on any atom is 0.278 e. The standard InChI is InChI=1S/C10H11N7OS/c11-2-1-5-13-4(3-19-5)7-14-6-8(15-7)16-10(12)17-9(6)18/h3H,1-2,11H2,(H4,12,14,15,16,17,18). The molecule has 0 unspecified atom stereocenters. The zero-order valence-corrected chi connectivity index (χ0v) is 10.6. The van der Waals surface area contributed by atoms with Crippen LogP contribution in [-0.2, 0) is 6.42 Å². The number of hydrogen-bond donors (Lipinski definition) is 4. The van der Waals surface area contributed by atoms with Crippen molar-refractivity contribution < 1.29 is 0 Å². The first-order chi connectivity index (χ1) is 9.17. The summed E-state index contributed by atoms with van der Waals surface area (Å²) < 4.78 is 0. The average Bonchev–Trinajstić information content (AvgIpc) is 2.95. The summed E-state index contributed by atoms with van der Waals surface area (Å²) in [5.74, 6) is 0.538. The molecule has 0 spiro atoms. The van der Waals surface area contributed by atoms with Crippen molar-refractivity contribution in [2.45, 2.75) is 6.42 Å². The van der Waals surface area contributed by atoms with Gasteiger partial charge < -0.3 is 16.5 Å². The Hall–Kier alpha value is -2.26. The van der Waals surface area contributed by atoms with Crippen LogP contribution in [0.5, 0.6) is 0 Å². The third-order valence-corrected chi connectivity index (χ3v) is 3.44. The van der Waals surface area contributed by atoms with E-state index in [9.17, 15) is 4.79 Å². The zero-order valence-electron chi connectivity index (χ0n) is 9.80. The Kier molecular flexibility index (Phi) is 2.76. The predicted molar refractivity (Wildman–Crippen MR) is 72.8 cm³/mol. The Morgan fingerprint density at radius 1 is 1.26 bits per heavy atom. The molecule has 0 aliphatic carbocycles. The maximum atomic E-state index is 11.7. The van der Waals surface area contributed by atoms with Gasteiger partial charge in [-0.05, 0) is 6.54 Å². The fourth-order valence-electron chi connectivity index (χ4n) is 1.70. The van der Waals surface area contributed by atoms with Crippen LogP contribution in [0, 0.1) is 0 Å². The highest BCUT2D eigenvalue weighted by molar-refractivity contribution is 7.09. The van der Waals surface area contributed by atoms with Crippen LogP contribution in [0.25, 0.3) is 22.7 Å². The molecule has 0 saturated heterocycles. The van der Waals surface area contributed by atoms with Crippen LogP contribution in [0.2, 0.25) is 0 Å². The highest BCUT2D eigenvalue weighted by Crippen LogP contribution is 2.20. The van der Waals surface area contributed by atoms with Crippen LogP contribution in [0.3, 0.4) is 0 Å². The minimum absolute atomic E-state index is 0.0395. The molecule has 3 rings (SSSR count). The number of nitrogens with one attached hydrogen (secondary N) is 2. The van der Waals surface area contributed by atoms with E-state index in [4.69, 9.17) is 11.5 Å². The molecular weight excluding hydrogens is 266 g/mol. The normalized spacial score (nSPS) is 11.2. The molecule has 0 aromatic carbocycles. The molecule has 0 radical (unpaired) electrons. The van der Waals surface area contributed by atoms with Crippen molar-refractivity contribution in [1.82, 2.24) is 24.9 Å². The fraction of sp³-hybridized carbons (Fsp3) is 0.200. The number of aromatic amines is 2. The number of fused-ring (bicyclic) bond motifs is 1. The van der Waals surface area contributed by atoms with Crippen molar-refractivity contribution >= 4 is 28.4 Å². The highest BCUT2D eigenvalue weighted by atomic mass is 32.1. The van der Waals surface area contributed by atoms with Crippen molar-refractivity contribution in [3.8, 4) is 11.5 Å². The molecule has 0 bridgehead atoms. The maximum absolute atomic E-state index is 11.7. The number of nitrogen functional groups attached to an aromatic ring is 1. The summed E-state index contributed by atoms with van der Waals surface area (Å²) in [5, 5.41) is 2.79. The number of hydrogen-bond acceptors (Lipinski definition) is 7. The number of rotatable bonds is 3. The largest absolute Gasteiger partial charge is 0.369 e. The van der Waals surface area contributed by atoms with Crippen LogP contribution in [-0.4, -0.2) is 31.5 Å². The molecule has 19 heavy (non-hydrogen) atoms. The van der Waals surface area contributed by atoms with Gasteiger partial charge in [0.05, 0.1) is 5.01 Å². The summed E-state index contributed by atoms with van der Waals surface area (Å²) in [6.45, 7) is 0.546. The number of nitrogens with zero attached hydrogens (tertiary/aromatic N) is 3. The SMILES string of the molecule is NCCc1nc(-c2nc3nc(N)[nH]c(=O)c3[nH]2)cs1. The number of anilines is 1. The fourth-order valence-corrected chi connectivity index (χ4v) is 2.50. The van der Waals surface area contributed by atoms with Gasteiger partial charge in [0.1, 0.15) is 5.69 Å². The second-order valence-electron chi connectivity index (χ2n) is 3.90. The van der Waals surface area contributed by atoms with Crippen LogP contribution in [0.1, 0.15) is 5.01 Å². The molecule has 3 aromatic heterocycles. The number of thiazole rings is 1. The third kappa shape index (κ3) is 2.09. The summed E-state index contributed by atoms with van der Waals surface area (Å²) in [5.41, 5.74) is 11.8. The number of imidazole rings is 1. The number of nitrogens with two attached hydrogens (primary N) is 2. The molecule has 3 heterocycles. The van der Waals surface area contributed by atoms with Gasteiger partial charge in [0.15, 0.2) is 17.0 Å². The Morgan fingerprint density at radius 3 is 2.89 bits per heavy atom. The van der Waals surface area contributed by atoms with E-state index in [2.05, 4.69) is 24.9 Å². The smallest absolute Gasteiger partial charge is 0.278 e. The quantitative estimate of drug-likeness (QED) is 0.525. The minimum Gasteiger partial charge on any atom is -0.369 e. The van der Waals surface area contributed by atoms with Crippen molar-refractivity contribution in [2.75, 3.05) is 12.3 Å². The summed E-state index contributed by atoms with van der Waals surface area (Å²) in [6.07, 6.45) is 0.719. The molecule has 9 heteroatoms. The second-order valence-corrected chi connectivity index (χ2v) is 4.84. The molecule has 0 amide bonds. The van der Waals surface area contributed by atoms with Crippen molar-refractivity contribution in [3.05, 3.63) is 20.7 Å².